The molecule has 1 heterocycles. The van der Waals surface area contributed by atoms with Crippen LogP contribution in [0.15, 0.2) is 89.6 Å². The Bertz CT molecular complexity index is 1490. The minimum absolute atomic E-state index is 0.130. The van der Waals surface area contributed by atoms with Crippen LogP contribution in [-0.2, 0) is 14.8 Å². The van der Waals surface area contributed by atoms with Crippen molar-refractivity contribution < 1.29 is 18.0 Å². The highest BCUT2D eigenvalue weighted by molar-refractivity contribution is 7.88. The van der Waals surface area contributed by atoms with Crippen molar-refractivity contribution in [1.82, 2.24) is 4.72 Å². The van der Waals surface area contributed by atoms with Crippen LogP contribution in [0.2, 0.25) is 0 Å². The molecular weight excluding hydrogens is 508 g/mol. The molecule has 0 aliphatic carbocycles. The van der Waals surface area contributed by atoms with Gasteiger partial charge in [-0.25, -0.2) is 13.1 Å². The lowest BCUT2D eigenvalue weighted by Crippen LogP contribution is -2.33. The van der Waals surface area contributed by atoms with Crippen LogP contribution >= 0.6 is 11.3 Å². The Morgan fingerprint density at radius 2 is 1.65 bits per heavy atom. The lowest BCUT2D eigenvalue weighted by molar-refractivity contribution is -0.117. The van der Waals surface area contributed by atoms with Crippen molar-refractivity contribution in [2.24, 2.45) is 0 Å². The molecule has 190 valence electrons. The Morgan fingerprint density at radius 3 is 2.30 bits per heavy atom. The number of rotatable bonds is 9. The molecule has 8 nitrogen and oxygen atoms in total. The van der Waals surface area contributed by atoms with Crippen molar-refractivity contribution in [2.45, 2.75) is 5.92 Å². The maximum absolute atomic E-state index is 13.0. The first-order valence-electron chi connectivity index (χ1n) is 11.3. The van der Waals surface area contributed by atoms with Crippen LogP contribution in [0, 0.1) is 0 Å². The second-order valence-electron chi connectivity index (χ2n) is 8.42. The van der Waals surface area contributed by atoms with Gasteiger partial charge in [0.1, 0.15) is 0 Å². The predicted molar refractivity (Wildman–Crippen MR) is 149 cm³/mol. The number of nitrogen functional groups attached to an aromatic ring is 1. The second-order valence-corrected chi connectivity index (χ2v) is 11.0. The van der Waals surface area contributed by atoms with E-state index in [4.69, 9.17) is 5.73 Å². The van der Waals surface area contributed by atoms with E-state index in [0.29, 0.717) is 28.2 Å². The van der Waals surface area contributed by atoms with Gasteiger partial charge in [-0.3, -0.25) is 9.59 Å². The first-order valence-corrected chi connectivity index (χ1v) is 14.2. The average Bonchev–Trinajstić information content (AvgIpc) is 3.41. The molecule has 10 heteroatoms. The van der Waals surface area contributed by atoms with Gasteiger partial charge in [0.25, 0.3) is 5.91 Å². The molecule has 37 heavy (non-hydrogen) atoms. The van der Waals surface area contributed by atoms with Crippen LogP contribution in [0.3, 0.4) is 0 Å². The molecule has 0 radical (unpaired) electrons. The first-order chi connectivity index (χ1) is 17.7. The van der Waals surface area contributed by atoms with E-state index in [1.165, 1.54) is 0 Å². The van der Waals surface area contributed by atoms with Crippen molar-refractivity contribution in [3.63, 3.8) is 0 Å². The Kier molecular flexibility index (Phi) is 8.02. The van der Waals surface area contributed by atoms with Gasteiger partial charge in [-0.05, 0) is 69.9 Å². The first kappa shape index (κ1) is 26.1. The highest BCUT2D eigenvalue weighted by Gasteiger charge is 2.23. The molecule has 0 saturated heterocycles. The van der Waals surface area contributed by atoms with Gasteiger partial charge in [0.2, 0.25) is 15.9 Å². The maximum Gasteiger partial charge on any atom is 0.255 e. The second kappa shape index (κ2) is 11.4. The third-order valence-electron chi connectivity index (χ3n) is 5.64. The summed E-state index contributed by atoms with van der Waals surface area (Å²) >= 11 is 1.58. The van der Waals surface area contributed by atoms with Gasteiger partial charge in [-0.2, -0.15) is 11.3 Å². The van der Waals surface area contributed by atoms with Crippen LogP contribution in [-0.4, -0.2) is 33.0 Å². The number of sulfonamides is 1. The molecule has 0 aliphatic rings. The Labute approximate surface area is 219 Å². The normalized spacial score (nSPS) is 12.0. The minimum Gasteiger partial charge on any atom is -0.397 e. The lowest BCUT2D eigenvalue weighted by atomic mass is 9.96. The SMILES string of the molecule is CS(=O)(=O)NCC(C(=O)Nc1ccccc1)c1ccc(C(=O)Nc2cc(-c3ccsc3)ccc2N)cc1. The van der Waals surface area contributed by atoms with E-state index in [9.17, 15) is 18.0 Å². The molecule has 0 spiro atoms. The van der Waals surface area contributed by atoms with Crippen molar-refractivity contribution in [1.29, 1.82) is 0 Å². The van der Waals surface area contributed by atoms with Gasteiger partial charge in [-0.1, -0.05) is 36.4 Å². The number of thiophene rings is 1. The molecule has 0 aliphatic heterocycles. The fourth-order valence-electron chi connectivity index (χ4n) is 3.68. The number of benzene rings is 3. The molecule has 5 N–H and O–H groups in total. The zero-order valence-corrected chi connectivity index (χ0v) is 21.6. The molecule has 3 aromatic carbocycles. The highest BCUT2D eigenvalue weighted by atomic mass is 32.2. The number of nitrogens with two attached hydrogens (primary N) is 1. The maximum atomic E-state index is 13.0. The average molecular weight is 535 g/mol. The van der Waals surface area contributed by atoms with E-state index >= 15 is 0 Å². The largest absolute Gasteiger partial charge is 0.397 e. The van der Waals surface area contributed by atoms with Crippen LogP contribution in [0.1, 0.15) is 21.8 Å². The molecule has 1 aromatic heterocycles. The van der Waals surface area contributed by atoms with Gasteiger partial charge in [0.05, 0.1) is 23.5 Å². The number of anilines is 3. The number of nitrogens with one attached hydrogen (secondary N) is 3. The number of hydrogen-bond acceptors (Lipinski definition) is 6. The van der Waals surface area contributed by atoms with E-state index in [1.807, 2.05) is 35.0 Å². The zero-order chi connectivity index (χ0) is 26.4. The predicted octanol–water partition coefficient (Wildman–Crippen LogP) is 4.52. The highest BCUT2D eigenvalue weighted by Crippen LogP contribution is 2.29. The molecule has 1 unspecified atom stereocenters. The molecular formula is C27H26N4O4S2. The zero-order valence-electron chi connectivity index (χ0n) is 20.0. The molecule has 4 aromatic rings. The number of carbonyl (C=O) groups is 2. The van der Waals surface area contributed by atoms with E-state index in [0.717, 1.165) is 17.4 Å². The number of amides is 2. The van der Waals surface area contributed by atoms with Crippen molar-refractivity contribution in [3.8, 4) is 11.1 Å². The lowest BCUT2D eigenvalue weighted by Gasteiger charge is -2.18. The quantitative estimate of drug-likeness (QED) is 0.235. The summed E-state index contributed by atoms with van der Waals surface area (Å²) in [5.74, 6) is -1.55. The topological polar surface area (TPSA) is 130 Å². The summed E-state index contributed by atoms with van der Waals surface area (Å²) in [7, 11) is -3.52. The number of hydrogen-bond donors (Lipinski definition) is 4. The van der Waals surface area contributed by atoms with Gasteiger partial charge in [-0.15, -0.1) is 0 Å². The fourth-order valence-corrected chi connectivity index (χ4v) is 4.82. The molecule has 4 rings (SSSR count). The van der Waals surface area contributed by atoms with Crippen molar-refractivity contribution >= 4 is 50.2 Å². The third kappa shape index (κ3) is 7.04. The van der Waals surface area contributed by atoms with E-state index in [2.05, 4.69) is 15.4 Å². The van der Waals surface area contributed by atoms with Crippen LogP contribution in [0.25, 0.3) is 11.1 Å². The third-order valence-corrected chi connectivity index (χ3v) is 7.01. The van der Waals surface area contributed by atoms with Crippen molar-refractivity contribution in [3.05, 3.63) is 101 Å². The minimum atomic E-state index is -3.52. The molecule has 1 atom stereocenters. The number of carbonyl (C=O) groups excluding carboxylic acids is 2. The summed E-state index contributed by atoms with van der Waals surface area (Å²) in [6.07, 6.45) is 1.03. The smallest absolute Gasteiger partial charge is 0.255 e. The van der Waals surface area contributed by atoms with E-state index in [-0.39, 0.29) is 18.4 Å². The summed E-state index contributed by atoms with van der Waals surface area (Å²) in [5.41, 5.74) is 10.5. The standard InChI is InChI=1S/C27H26N4O4S2/c1-37(34,35)29-16-23(27(33)30-22-5-3-2-4-6-22)18-7-9-19(10-8-18)26(32)31-25-15-20(11-12-24(25)28)21-13-14-36-17-21/h2-15,17,23,29H,16,28H2,1H3,(H,30,33)(H,31,32). The van der Waals surface area contributed by atoms with Crippen LogP contribution in [0.4, 0.5) is 17.1 Å². The number of para-hydroxylation sites is 1. The summed E-state index contributed by atoms with van der Waals surface area (Å²) in [4.78, 5) is 26.0. The van der Waals surface area contributed by atoms with E-state index < -0.39 is 15.9 Å². The Balaban J connectivity index is 1.52. The van der Waals surface area contributed by atoms with Crippen LogP contribution in [0.5, 0.6) is 0 Å². The summed E-state index contributed by atoms with van der Waals surface area (Å²) < 4.78 is 25.8. The van der Waals surface area contributed by atoms with Crippen molar-refractivity contribution in [2.75, 3.05) is 29.2 Å². The Morgan fingerprint density at radius 1 is 0.919 bits per heavy atom. The van der Waals surface area contributed by atoms with Gasteiger partial charge in [0, 0.05) is 17.8 Å². The van der Waals surface area contributed by atoms with Gasteiger partial charge >= 0.3 is 0 Å². The molecule has 2 amide bonds. The van der Waals surface area contributed by atoms with Gasteiger partial charge in [0.15, 0.2) is 0 Å². The molecule has 0 fully saturated rings. The van der Waals surface area contributed by atoms with E-state index in [1.54, 1.807) is 65.9 Å². The molecule has 0 saturated carbocycles. The Hall–Kier alpha value is -3.99. The monoisotopic (exact) mass is 534 g/mol. The summed E-state index contributed by atoms with van der Waals surface area (Å²) in [6.45, 7) is -0.130. The molecule has 0 bridgehead atoms. The summed E-state index contributed by atoms with van der Waals surface area (Å²) in [5, 5.41) is 9.64. The summed E-state index contributed by atoms with van der Waals surface area (Å²) in [6, 6.07) is 22.8. The fraction of sp³-hybridized carbons (Fsp3) is 0.111. The van der Waals surface area contributed by atoms with Gasteiger partial charge < -0.3 is 16.4 Å². The van der Waals surface area contributed by atoms with Crippen LogP contribution < -0.4 is 21.1 Å².